The summed E-state index contributed by atoms with van der Waals surface area (Å²) in [6.45, 7) is 5.78. The van der Waals surface area contributed by atoms with E-state index in [9.17, 15) is 4.79 Å². The summed E-state index contributed by atoms with van der Waals surface area (Å²) < 4.78 is 5.87. The highest BCUT2D eigenvalue weighted by atomic mass is 16.6. The Morgan fingerprint density at radius 2 is 2.33 bits per heavy atom. The Balaban J connectivity index is 1.50. The van der Waals surface area contributed by atoms with Crippen molar-refractivity contribution >= 4 is 11.6 Å². The number of nitrogens with zero attached hydrogens (tertiary/aromatic N) is 2. The van der Waals surface area contributed by atoms with E-state index >= 15 is 0 Å². The van der Waals surface area contributed by atoms with E-state index in [0.717, 1.165) is 30.7 Å². The van der Waals surface area contributed by atoms with Crippen molar-refractivity contribution in [2.75, 3.05) is 13.2 Å². The number of carbonyl (C=O) groups excluding carboxylic acids is 1. The van der Waals surface area contributed by atoms with Gasteiger partial charge < -0.3 is 14.9 Å². The number of ether oxygens (including phenoxy) is 1. The van der Waals surface area contributed by atoms with Gasteiger partial charge in [-0.1, -0.05) is 19.0 Å². The molecular weight excluding hydrogens is 306 g/mol. The molecule has 0 spiro atoms. The number of carbonyl (C=O) groups is 1. The molecule has 130 valence electrons. The molecule has 1 N–H and O–H groups in total. The molecule has 0 aromatic carbocycles. The summed E-state index contributed by atoms with van der Waals surface area (Å²) in [6.07, 6.45) is 5.72. The van der Waals surface area contributed by atoms with Crippen LogP contribution in [-0.2, 0) is 14.4 Å². The van der Waals surface area contributed by atoms with Gasteiger partial charge in [0, 0.05) is 43.4 Å². The topological polar surface area (TPSA) is 72.8 Å². The fourth-order valence-electron chi connectivity index (χ4n) is 3.39. The largest absolute Gasteiger partial charge is 0.382 e. The van der Waals surface area contributed by atoms with Crippen molar-refractivity contribution in [1.82, 2.24) is 10.3 Å². The number of hydrogen-bond donors (Lipinski definition) is 1. The van der Waals surface area contributed by atoms with E-state index in [0.29, 0.717) is 24.8 Å². The average Bonchev–Trinajstić information content (AvgIpc) is 3.11. The predicted molar refractivity (Wildman–Crippen MR) is 90.6 cm³/mol. The second-order valence-corrected chi connectivity index (χ2v) is 6.80. The number of aromatic nitrogens is 1. The minimum absolute atomic E-state index is 0.106. The van der Waals surface area contributed by atoms with E-state index in [-0.39, 0.29) is 12.0 Å². The summed E-state index contributed by atoms with van der Waals surface area (Å²) in [5.41, 5.74) is 1.66. The Hall–Kier alpha value is -1.95. The van der Waals surface area contributed by atoms with Gasteiger partial charge in [0.1, 0.15) is 0 Å². The van der Waals surface area contributed by atoms with Crippen LogP contribution in [0.1, 0.15) is 38.7 Å². The highest BCUT2D eigenvalue weighted by molar-refractivity contribution is 6.03. The monoisotopic (exact) mass is 331 g/mol. The quantitative estimate of drug-likeness (QED) is 0.897. The SMILES string of the molecule is CC(C)[C@@H]1OCCC[C@@H]1CNC(=O)[C@@H]1CC(c2cccnc2)=NO1. The Labute approximate surface area is 142 Å². The number of nitrogens with one attached hydrogen (secondary N) is 1. The van der Waals surface area contributed by atoms with Crippen molar-refractivity contribution < 1.29 is 14.4 Å². The maximum Gasteiger partial charge on any atom is 0.264 e. The highest BCUT2D eigenvalue weighted by Gasteiger charge is 2.32. The van der Waals surface area contributed by atoms with Crippen molar-refractivity contribution in [2.24, 2.45) is 17.0 Å². The molecule has 1 aromatic rings. The molecule has 2 aliphatic rings. The number of pyridine rings is 1. The Kier molecular flexibility index (Phi) is 5.45. The molecule has 1 aromatic heterocycles. The molecular formula is C18H25N3O3. The van der Waals surface area contributed by atoms with Gasteiger partial charge in [-0.15, -0.1) is 0 Å². The van der Waals surface area contributed by atoms with E-state index in [4.69, 9.17) is 9.57 Å². The lowest BCUT2D eigenvalue weighted by atomic mass is 9.87. The predicted octanol–water partition coefficient (Wildman–Crippen LogP) is 2.14. The second kappa shape index (κ2) is 7.75. The van der Waals surface area contributed by atoms with Crippen molar-refractivity contribution in [2.45, 2.75) is 45.3 Å². The number of hydrogen-bond acceptors (Lipinski definition) is 5. The Morgan fingerprint density at radius 1 is 1.46 bits per heavy atom. The smallest absolute Gasteiger partial charge is 0.264 e. The molecule has 3 rings (SSSR count). The van der Waals surface area contributed by atoms with Crippen molar-refractivity contribution in [3.63, 3.8) is 0 Å². The lowest BCUT2D eigenvalue weighted by Crippen LogP contribution is -2.44. The van der Waals surface area contributed by atoms with Crippen LogP contribution >= 0.6 is 0 Å². The first-order valence-electron chi connectivity index (χ1n) is 8.67. The third-order valence-electron chi connectivity index (χ3n) is 4.65. The van der Waals surface area contributed by atoms with Crippen LogP contribution in [0.3, 0.4) is 0 Å². The molecule has 3 heterocycles. The van der Waals surface area contributed by atoms with Gasteiger partial charge in [0.05, 0.1) is 11.8 Å². The summed E-state index contributed by atoms with van der Waals surface area (Å²) in [6, 6.07) is 3.77. The standard InChI is InChI=1S/C18H25N3O3/c1-12(2)17-14(6-4-8-23-17)11-20-18(22)16-9-15(21-24-16)13-5-3-7-19-10-13/h3,5,7,10,12,14,16-17H,4,6,8-9,11H2,1-2H3,(H,20,22)/t14-,16+,17+/m1/s1. The summed E-state index contributed by atoms with van der Waals surface area (Å²) in [7, 11) is 0. The minimum atomic E-state index is -0.554. The summed E-state index contributed by atoms with van der Waals surface area (Å²) in [4.78, 5) is 21.8. The van der Waals surface area contributed by atoms with E-state index in [1.807, 2.05) is 12.1 Å². The zero-order valence-corrected chi connectivity index (χ0v) is 14.3. The van der Waals surface area contributed by atoms with Crippen LogP contribution in [0.25, 0.3) is 0 Å². The van der Waals surface area contributed by atoms with E-state index < -0.39 is 6.10 Å². The molecule has 6 nitrogen and oxygen atoms in total. The first kappa shape index (κ1) is 16.9. The first-order valence-corrected chi connectivity index (χ1v) is 8.67. The maximum atomic E-state index is 12.4. The van der Waals surface area contributed by atoms with Gasteiger partial charge in [-0.05, 0) is 30.9 Å². The van der Waals surface area contributed by atoms with Gasteiger partial charge in [0.25, 0.3) is 5.91 Å². The summed E-state index contributed by atoms with van der Waals surface area (Å²) >= 11 is 0. The van der Waals surface area contributed by atoms with Crippen LogP contribution in [0.4, 0.5) is 0 Å². The number of rotatable bonds is 5. The van der Waals surface area contributed by atoms with E-state index in [1.54, 1.807) is 12.4 Å². The van der Waals surface area contributed by atoms with Crippen LogP contribution < -0.4 is 5.32 Å². The highest BCUT2D eigenvalue weighted by Crippen LogP contribution is 2.26. The molecule has 0 aliphatic carbocycles. The molecule has 1 fully saturated rings. The Morgan fingerprint density at radius 3 is 3.08 bits per heavy atom. The molecule has 2 aliphatic heterocycles. The van der Waals surface area contributed by atoms with Gasteiger partial charge in [-0.2, -0.15) is 0 Å². The molecule has 6 heteroatoms. The lowest BCUT2D eigenvalue weighted by molar-refractivity contribution is -0.132. The van der Waals surface area contributed by atoms with Crippen LogP contribution in [0.5, 0.6) is 0 Å². The van der Waals surface area contributed by atoms with Crippen molar-refractivity contribution in [3.05, 3.63) is 30.1 Å². The molecule has 0 radical (unpaired) electrons. The molecule has 1 amide bonds. The van der Waals surface area contributed by atoms with Crippen LogP contribution in [0.2, 0.25) is 0 Å². The van der Waals surface area contributed by atoms with Gasteiger partial charge in [-0.25, -0.2) is 0 Å². The normalized spacial score (nSPS) is 26.8. The van der Waals surface area contributed by atoms with E-state index in [2.05, 4.69) is 29.3 Å². The zero-order chi connectivity index (χ0) is 16.9. The maximum absolute atomic E-state index is 12.4. The van der Waals surface area contributed by atoms with Gasteiger partial charge in [0.2, 0.25) is 6.10 Å². The summed E-state index contributed by atoms with van der Waals surface area (Å²) in [5.74, 6) is 0.712. The third kappa shape index (κ3) is 3.93. The van der Waals surface area contributed by atoms with Gasteiger partial charge in [0.15, 0.2) is 0 Å². The second-order valence-electron chi connectivity index (χ2n) is 6.80. The van der Waals surface area contributed by atoms with Crippen molar-refractivity contribution in [1.29, 1.82) is 0 Å². The average molecular weight is 331 g/mol. The van der Waals surface area contributed by atoms with Gasteiger partial charge in [-0.3, -0.25) is 9.78 Å². The minimum Gasteiger partial charge on any atom is -0.382 e. The van der Waals surface area contributed by atoms with Crippen LogP contribution in [-0.4, -0.2) is 42.0 Å². The Bertz CT molecular complexity index is 588. The zero-order valence-electron chi connectivity index (χ0n) is 14.3. The summed E-state index contributed by atoms with van der Waals surface area (Å²) in [5, 5.41) is 7.06. The third-order valence-corrected chi connectivity index (χ3v) is 4.65. The van der Waals surface area contributed by atoms with E-state index in [1.165, 1.54) is 0 Å². The molecule has 0 unspecified atom stereocenters. The van der Waals surface area contributed by atoms with Crippen LogP contribution in [0.15, 0.2) is 29.7 Å². The molecule has 3 atom stereocenters. The van der Waals surface area contributed by atoms with Gasteiger partial charge >= 0.3 is 0 Å². The molecule has 0 bridgehead atoms. The first-order chi connectivity index (χ1) is 11.6. The number of amides is 1. The van der Waals surface area contributed by atoms with Crippen molar-refractivity contribution in [3.8, 4) is 0 Å². The fraction of sp³-hybridized carbons (Fsp3) is 0.611. The van der Waals surface area contributed by atoms with Crippen LogP contribution in [0, 0.1) is 11.8 Å². The molecule has 0 saturated carbocycles. The lowest BCUT2D eigenvalue weighted by Gasteiger charge is -2.34. The number of oxime groups is 1. The molecule has 1 saturated heterocycles. The fourth-order valence-corrected chi connectivity index (χ4v) is 3.39. The molecule has 24 heavy (non-hydrogen) atoms.